The van der Waals surface area contributed by atoms with Gasteiger partial charge < -0.3 is 10.2 Å². The molecule has 0 spiro atoms. The van der Waals surface area contributed by atoms with Gasteiger partial charge in [0.15, 0.2) is 0 Å². The van der Waals surface area contributed by atoms with Crippen LogP contribution in [0.15, 0.2) is 0 Å². The molecule has 1 N–H and O–H groups in total. The second-order valence-corrected chi connectivity index (χ2v) is 4.95. The zero-order chi connectivity index (χ0) is 11.4. The smallest absolute Gasteiger partial charge is 0.239 e. The van der Waals surface area contributed by atoms with Crippen molar-refractivity contribution in [3.63, 3.8) is 0 Å². The fraction of sp³-hybridized carbons (Fsp3) is 0.917. The molecule has 0 aliphatic carbocycles. The molecule has 2 saturated heterocycles. The lowest BCUT2D eigenvalue weighted by Crippen LogP contribution is -2.51. The Kier molecular flexibility index (Phi) is 4.16. The van der Waals surface area contributed by atoms with Gasteiger partial charge in [0.25, 0.3) is 0 Å². The Bertz CT molecular complexity index is 241. The number of nitrogens with zero attached hydrogens (tertiary/aromatic N) is 1. The Balaban J connectivity index is 1.87. The lowest BCUT2D eigenvalue weighted by Gasteiger charge is -2.35. The average molecular weight is 228 g/mol. The monoisotopic (exact) mass is 228 g/mol. The van der Waals surface area contributed by atoms with Gasteiger partial charge in [-0.2, -0.15) is 0 Å². The second-order valence-electron chi connectivity index (χ2n) is 4.95. The minimum Gasteiger partial charge on any atom is -0.341 e. The molecule has 0 aromatic carbocycles. The zero-order valence-corrected chi connectivity index (χ0v) is 9.75. The van der Waals surface area contributed by atoms with Crippen LogP contribution in [0.1, 0.15) is 32.1 Å². The van der Waals surface area contributed by atoms with Gasteiger partial charge in [0.1, 0.15) is 0 Å². The summed E-state index contributed by atoms with van der Waals surface area (Å²) in [5, 5.41) is 3.26. The van der Waals surface area contributed by atoms with Crippen LogP contribution in [-0.4, -0.2) is 43.2 Å². The van der Waals surface area contributed by atoms with E-state index in [1.807, 2.05) is 4.90 Å². The summed E-state index contributed by atoms with van der Waals surface area (Å²) in [5.74, 6) is 0.263. The highest BCUT2D eigenvalue weighted by Crippen LogP contribution is 2.19. The molecule has 2 atom stereocenters. The summed E-state index contributed by atoms with van der Waals surface area (Å²) in [4.78, 5) is 14.0. The van der Waals surface area contributed by atoms with E-state index in [9.17, 15) is 9.18 Å². The van der Waals surface area contributed by atoms with Crippen molar-refractivity contribution < 1.29 is 9.18 Å². The second kappa shape index (κ2) is 5.62. The number of carbonyl (C=O) groups is 1. The van der Waals surface area contributed by atoms with Crippen LogP contribution in [0.2, 0.25) is 0 Å². The first-order valence-corrected chi connectivity index (χ1v) is 6.39. The van der Waals surface area contributed by atoms with Crippen LogP contribution >= 0.6 is 0 Å². The van der Waals surface area contributed by atoms with Gasteiger partial charge in [-0.25, -0.2) is 0 Å². The van der Waals surface area contributed by atoms with E-state index in [1.165, 1.54) is 0 Å². The molecule has 0 aromatic heterocycles. The van der Waals surface area contributed by atoms with Gasteiger partial charge in [-0.1, -0.05) is 6.42 Å². The molecule has 2 heterocycles. The van der Waals surface area contributed by atoms with Gasteiger partial charge in [-0.05, 0) is 32.2 Å². The van der Waals surface area contributed by atoms with Crippen LogP contribution in [-0.2, 0) is 4.79 Å². The van der Waals surface area contributed by atoms with Crippen molar-refractivity contribution >= 4 is 5.91 Å². The Hall–Kier alpha value is -0.640. The van der Waals surface area contributed by atoms with Crippen molar-refractivity contribution in [2.75, 3.05) is 26.3 Å². The highest BCUT2D eigenvalue weighted by molar-refractivity contribution is 5.82. The highest BCUT2D eigenvalue weighted by Gasteiger charge is 2.29. The first-order valence-electron chi connectivity index (χ1n) is 6.39. The van der Waals surface area contributed by atoms with E-state index in [-0.39, 0.29) is 24.5 Å². The van der Waals surface area contributed by atoms with E-state index in [1.54, 1.807) is 0 Å². The molecule has 0 bridgehead atoms. The molecule has 3 nitrogen and oxygen atoms in total. The zero-order valence-electron chi connectivity index (χ0n) is 9.75. The Morgan fingerprint density at radius 1 is 1.31 bits per heavy atom. The van der Waals surface area contributed by atoms with Crippen molar-refractivity contribution in [1.29, 1.82) is 0 Å². The number of rotatable bonds is 2. The number of amides is 1. The quantitative estimate of drug-likeness (QED) is 0.773. The summed E-state index contributed by atoms with van der Waals surface area (Å²) in [6.45, 7) is 2.08. The maximum absolute atomic E-state index is 12.6. The molecule has 4 heteroatoms. The summed E-state index contributed by atoms with van der Waals surface area (Å²) in [7, 11) is 0. The van der Waals surface area contributed by atoms with Crippen molar-refractivity contribution in [1.82, 2.24) is 10.2 Å². The number of nitrogens with one attached hydrogen (secondary N) is 1. The summed E-state index contributed by atoms with van der Waals surface area (Å²) >= 11 is 0. The standard InChI is InChI=1S/C12H21FN2O/c13-8-10-4-3-7-15(9-10)12(16)11-5-1-2-6-14-11/h10-11,14H,1-9H2. The van der Waals surface area contributed by atoms with Crippen LogP contribution in [0.5, 0.6) is 0 Å². The van der Waals surface area contributed by atoms with Crippen LogP contribution in [0.4, 0.5) is 4.39 Å². The van der Waals surface area contributed by atoms with Gasteiger partial charge in [0.2, 0.25) is 5.91 Å². The minimum atomic E-state index is -0.290. The third-order valence-corrected chi connectivity index (χ3v) is 3.66. The average Bonchev–Trinajstić information content (AvgIpc) is 2.39. The number of hydrogen-bond donors (Lipinski definition) is 1. The molecule has 2 fully saturated rings. The molecule has 0 saturated carbocycles. The number of alkyl halides is 1. The predicted octanol–water partition coefficient (Wildman–Crippen LogP) is 1.34. The molecule has 2 aliphatic rings. The molecule has 2 aliphatic heterocycles. The first-order chi connectivity index (χ1) is 7.81. The number of carbonyl (C=O) groups excluding carboxylic acids is 1. The summed E-state index contributed by atoms with van der Waals surface area (Å²) in [5.41, 5.74) is 0. The molecule has 1 amide bonds. The highest BCUT2D eigenvalue weighted by atomic mass is 19.1. The van der Waals surface area contributed by atoms with Crippen molar-refractivity contribution in [3.05, 3.63) is 0 Å². The largest absolute Gasteiger partial charge is 0.341 e. The molecular weight excluding hydrogens is 207 g/mol. The number of hydrogen-bond acceptors (Lipinski definition) is 2. The topological polar surface area (TPSA) is 32.3 Å². The maximum Gasteiger partial charge on any atom is 0.239 e. The summed E-state index contributed by atoms with van der Waals surface area (Å²) in [6, 6.07) is -0.00730. The first kappa shape index (κ1) is 11.8. The Morgan fingerprint density at radius 2 is 2.19 bits per heavy atom. The fourth-order valence-electron chi connectivity index (χ4n) is 2.67. The lowest BCUT2D eigenvalue weighted by molar-refractivity contribution is -0.136. The molecule has 0 radical (unpaired) electrons. The van der Waals surface area contributed by atoms with E-state index in [4.69, 9.17) is 0 Å². The van der Waals surface area contributed by atoms with E-state index in [0.717, 1.165) is 45.2 Å². The third-order valence-electron chi connectivity index (χ3n) is 3.66. The van der Waals surface area contributed by atoms with Crippen molar-refractivity contribution in [3.8, 4) is 0 Å². The molecule has 92 valence electrons. The normalized spacial score (nSPS) is 31.4. The third kappa shape index (κ3) is 2.73. The van der Waals surface area contributed by atoms with Crippen LogP contribution in [0.3, 0.4) is 0 Å². The van der Waals surface area contributed by atoms with Gasteiger partial charge in [-0.3, -0.25) is 9.18 Å². The van der Waals surface area contributed by atoms with E-state index in [2.05, 4.69) is 5.32 Å². The van der Waals surface area contributed by atoms with Gasteiger partial charge >= 0.3 is 0 Å². The molecule has 2 unspecified atom stereocenters. The molecule has 0 aromatic rings. The number of likely N-dealkylation sites (tertiary alicyclic amines) is 1. The summed E-state index contributed by atoms with van der Waals surface area (Å²) in [6.07, 6.45) is 5.11. The van der Waals surface area contributed by atoms with Crippen molar-refractivity contribution in [2.45, 2.75) is 38.1 Å². The molecule has 2 rings (SSSR count). The van der Waals surface area contributed by atoms with Crippen LogP contribution < -0.4 is 5.32 Å². The number of piperidine rings is 2. The van der Waals surface area contributed by atoms with E-state index >= 15 is 0 Å². The molecular formula is C12H21FN2O. The van der Waals surface area contributed by atoms with Gasteiger partial charge in [0.05, 0.1) is 12.7 Å². The molecule has 16 heavy (non-hydrogen) atoms. The van der Waals surface area contributed by atoms with Crippen LogP contribution in [0, 0.1) is 5.92 Å². The Labute approximate surface area is 96.4 Å². The van der Waals surface area contributed by atoms with Gasteiger partial charge in [0, 0.05) is 19.0 Å². The van der Waals surface area contributed by atoms with Crippen molar-refractivity contribution in [2.24, 2.45) is 5.92 Å². The Morgan fingerprint density at radius 3 is 2.88 bits per heavy atom. The summed E-state index contributed by atoms with van der Waals surface area (Å²) < 4.78 is 12.6. The number of halogens is 1. The van der Waals surface area contributed by atoms with E-state index in [0.29, 0.717) is 6.54 Å². The minimum absolute atomic E-state index is 0.00730. The SMILES string of the molecule is O=C(C1CCCCN1)N1CCCC(CF)C1. The predicted molar refractivity (Wildman–Crippen MR) is 60.9 cm³/mol. The maximum atomic E-state index is 12.6. The van der Waals surface area contributed by atoms with Crippen LogP contribution in [0.25, 0.3) is 0 Å². The van der Waals surface area contributed by atoms with Gasteiger partial charge in [-0.15, -0.1) is 0 Å². The lowest BCUT2D eigenvalue weighted by atomic mass is 9.97. The fourth-order valence-corrected chi connectivity index (χ4v) is 2.67. The van der Waals surface area contributed by atoms with E-state index < -0.39 is 0 Å².